The number of benzene rings is 1. The maximum absolute atomic E-state index is 13.4. The summed E-state index contributed by atoms with van der Waals surface area (Å²) in [6.45, 7) is 4.99. The molecule has 0 aliphatic carbocycles. The van der Waals surface area contributed by atoms with Crippen molar-refractivity contribution >= 4 is 11.6 Å². The lowest BCUT2D eigenvalue weighted by Crippen LogP contribution is -2.41. The fraction of sp³-hybridized carbons (Fsp3) is 0.571. The molecule has 106 valence electrons. The summed E-state index contributed by atoms with van der Waals surface area (Å²) in [5, 5.41) is 0.0307. The van der Waals surface area contributed by atoms with Gasteiger partial charge in [-0.25, -0.2) is 4.39 Å². The minimum atomic E-state index is -0.462. The Kier molecular flexibility index (Phi) is 5.43. The average Bonchev–Trinajstić information content (AvgIpc) is 2.93. The van der Waals surface area contributed by atoms with Crippen molar-refractivity contribution in [3.05, 3.63) is 29.0 Å². The standard InChI is InChI=1S/C14H19ClFNO2/c1-2-18-10-13(17-8-3-4-9-17)19-12-7-5-6-11(16)14(12)15/h5-7,13H,2-4,8-10H2,1H3. The summed E-state index contributed by atoms with van der Waals surface area (Å²) in [6.07, 6.45) is 2.10. The van der Waals surface area contributed by atoms with Crippen LogP contribution in [0.4, 0.5) is 4.39 Å². The molecule has 1 saturated heterocycles. The summed E-state index contributed by atoms with van der Waals surface area (Å²) >= 11 is 5.92. The van der Waals surface area contributed by atoms with Crippen LogP contribution in [0.25, 0.3) is 0 Å². The van der Waals surface area contributed by atoms with E-state index < -0.39 is 5.82 Å². The van der Waals surface area contributed by atoms with Gasteiger partial charge in [-0.3, -0.25) is 4.90 Å². The van der Waals surface area contributed by atoms with Crippen LogP contribution in [-0.2, 0) is 4.74 Å². The Hall–Kier alpha value is -0.840. The number of rotatable bonds is 6. The van der Waals surface area contributed by atoms with Gasteiger partial charge < -0.3 is 9.47 Å². The van der Waals surface area contributed by atoms with Gasteiger partial charge in [-0.15, -0.1) is 0 Å². The third-order valence-corrected chi connectivity index (χ3v) is 3.56. The molecular formula is C14H19ClFNO2. The third-order valence-electron chi connectivity index (χ3n) is 3.19. The molecule has 1 aliphatic rings. The molecule has 2 rings (SSSR count). The largest absolute Gasteiger partial charge is 0.471 e. The van der Waals surface area contributed by atoms with E-state index in [4.69, 9.17) is 21.1 Å². The highest BCUT2D eigenvalue weighted by molar-refractivity contribution is 6.32. The van der Waals surface area contributed by atoms with Crippen LogP contribution in [0.3, 0.4) is 0 Å². The van der Waals surface area contributed by atoms with Gasteiger partial charge in [0.05, 0.1) is 6.61 Å². The van der Waals surface area contributed by atoms with Crippen LogP contribution in [0.2, 0.25) is 5.02 Å². The van der Waals surface area contributed by atoms with E-state index in [0.29, 0.717) is 19.0 Å². The van der Waals surface area contributed by atoms with Gasteiger partial charge in [0, 0.05) is 19.7 Å². The first kappa shape index (κ1) is 14.6. The predicted molar refractivity (Wildman–Crippen MR) is 73.1 cm³/mol. The van der Waals surface area contributed by atoms with Crippen molar-refractivity contribution in [2.24, 2.45) is 0 Å². The lowest BCUT2D eigenvalue weighted by molar-refractivity contribution is -0.0292. The molecule has 5 heteroatoms. The van der Waals surface area contributed by atoms with Crippen molar-refractivity contribution in [1.82, 2.24) is 4.90 Å². The Morgan fingerprint density at radius 2 is 2.11 bits per heavy atom. The van der Waals surface area contributed by atoms with E-state index in [0.717, 1.165) is 25.9 Å². The minimum Gasteiger partial charge on any atom is -0.471 e. The molecule has 3 nitrogen and oxygen atoms in total. The number of nitrogens with zero attached hydrogens (tertiary/aromatic N) is 1. The first-order valence-corrected chi connectivity index (χ1v) is 7.02. The van der Waals surface area contributed by atoms with Crippen molar-refractivity contribution in [2.75, 3.05) is 26.3 Å². The topological polar surface area (TPSA) is 21.7 Å². The molecule has 1 unspecified atom stereocenters. The predicted octanol–water partition coefficient (Wildman–Crippen LogP) is 3.32. The molecule has 1 aliphatic heterocycles. The van der Waals surface area contributed by atoms with Gasteiger partial charge in [0.1, 0.15) is 16.6 Å². The molecule has 0 bridgehead atoms. The number of hydrogen-bond donors (Lipinski definition) is 0. The highest BCUT2D eigenvalue weighted by Gasteiger charge is 2.24. The number of hydrogen-bond acceptors (Lipinski definition) is 3. The van der Waals surface area contributed by atoms with Crippen LogP contribution in [0.1, 0.15) is 19.8 Å². The second-order valence-corrected chi connectivity index (χ2v) is 4.90. The van der Waals surface area contributed by atoms with Crippen LogP contribution >= 0.6 is 11.6 Å². The van der Waals surface area contributed by atoms with E-state index in [2.05, 4.69) is 4.90 Å². The molecule has 0 radical (unpaired) electrons. The zero-order chi connectivity index (χ0) is 13.7. The minimum absolute atomic E-state index is 0.0307. The Labute approximate surface area is 118 Å². The number of ether oxygens (including phenoxy) is 2. The quantitative estimate of drug-likeness (QED) is 0.801. The molecule has 1 aromatic carbocycles. The summed E-state index contributed by atoms with van der Waals surface area (Å²) < 4.78 is 24.7. The molecular weight excluding hydrogens is 269 g/mol. The van der Waals surface area contributed by atoms with E-state index in [1.807, 2.05) is 6.92 Å². The van der Waals surface area contributed by atoms with Gasteiger partial charge in [-0.1, -0.05) is 17.7 Å². The highest BCUT2D eigenvalue weighted by atomic mass is 35.5. The zero-order valence-corrected chi connectivity index (χ0v) is 11.8. The molecule has 1 fully saturated rings. The lowest BCUT2D eigenvalue weighted by Gasteiger charge is -2.28. The van der Waals surface area contributed by atoms with Crippen molar-refractivity contribution in [3.63, 3.8) is 0 Å². The molecule has 0 amide bonds. The van der Waals surface area contributed by atoms with Gasteiger partial charge in [0.15, 0.2) is 6.23 Å². The van der Waals surface area contributed by atoms with Crippen LogP contribution in [0, 0.1) is 5.82 Å². The number of likely N-dealkylation sites (tertiary alicyclic amines) is 1. The van der Waals surface area contributed by atoms with Gasteiger partial charge in [0.2, 0.25) is 0 Å². The van der Waals surface area contributed by atoms with Gasteiger partial charge in [-0.05, 0) is 31.9 Å². The molecule has 1 heterocycles. The normalized spacial score (nSPS) is 17.6. The van der Waals surface area contributed by atoms with Crippen molar-refractivity contribution < 1.29 is 13.9 Å². The maximum atomic E-state index is 13.4. The van der Waals surface area contributed by atoms with E-state index in [1.54, 1.807) is 12.1 Å². The highest BCUT2D eigenvalue weighted by Crippen LogP contribution is 2.28. The monoisotopic (exact) mass is 287 g/mol. The maximum Gasteiger partial charge on any atom is 0.176 e. The Morgan fingerprint density at radius 3 is 2.79 bits per heavy atom. The molecule has 0 spiro atoms. The van der Waals surface area contributed by atoms with Crippen molar-refractivity contribution in [3.8, 4) is 5.75 Å². The van der Waals surface area contributed by atoms with Crippen LogP contribution in [-0.4, -0.2) is 37.4 Å². The molecule has 19 heavy (non-hydrogen) atoms. The Balaban J connectivity index is 2.07. The third kappa shape index (κ3) is 3.81. The SMILES string of the molecule is CCOCC(Oc1cccc(F)c1Cl)N1CCCC1. The summed E-state index contributed by atoms with van der Waals surface area (Å²) in [6, 6.07) is 4.60. The summed E-state index contributed by atoms with van der Waals surface area (Å²) in [4.78, 5) is 2.21. The second kappa shape index (κ2) is 7.08. The lowest BCUT2D eigenvalue weighted by atomic mass is 10.3. The zero-order valence-electron chi connectivity index (χ0n) is 11.1. The van der Waals surface area contributed by atoms with Crippen LogP contribution in [0.15, 0.2) is 18.2 Å². The molecule has 0 N–H and O–H groups in total. The number of halogens is 2. The first-order chi connectivity index (χ1) is 9.22. The van der Waals surface area contributed by atoms with Crippen molar-refractivity contribution in [1.29, 1.82) is 0 Å². The van der Waals surface area contributed by atoms with Crippen LogP contribution < -0.4 is 4.74 Å². The Bertz CT molecular complexity index is 410. The van der Waals surface area contributed by atoms with Crippen molar-refractivity contribution in [2.45, 2.75) is 26.0 Å². The first-order valence-electron chi connectivity index (χ1n) is 6.65. The van der Waals surface area contributed by atoms with Gasteiger partial charge in [0.25, 0.3) is 0 Å². The molecule has 0 aromatic heterocycles. The fourth-order valence-corrected chi connectivity index (χ4v) is 2.35. The molecule has 0 saturated carbocycles. The smallest absolute Gasteiger partial charge is 0.176 e. The van der Waals surface area contributed by atoms with E-state index in [9.17, 15) is 4.39 Å². The van der Waals surface area contributed by atoms with E-state index in [-0.39, 0.29) is 11.3 Å². The average molecular weight is 288 g/mol. The van der Waals surface area contributed by atoms with Gasteiger partial charge in [-0.2, -0.15) is 0 Å². The summed E-state index contributed by atoms with van der Waals surface area (Å²) in [7, 11) is 0. The van der Waals surface area contributed by atoms with E-state index in [1.165, 1.54) is 6.07 Å². The second-order valence-electron chi connectivity index (χ2n) is 4.53. The van der Waals surface area contributed by atoms with Crippen LogP contribution in [0.5, 0.6) is 5.75 Å². The Morgan fingerprint density at radius 1 is 1.37 bits per heavy atom. The fourth-order valence-electron chi connectivity index (χ4n) is 2.18. The summed E-state index contributed by atoms with van der Waals surface area (Å²) in [5.74, 6) is -0.0889. The van der Waals surface area contributed by atoms with E-state index >= 15 is 0 Å². The molecule has 1 aromatic rings. The van der Waals surface area contributed by atoms with Gasteiger partial charge >= 0.3 is 0 Å². The molecule has 1 atom stereocenters. The summed E-state index contributed by atoms with van der Waals surface area (Å²) in [5.41, 5.74) is 0.